The van der Waals surface area contributed by atoms with E-state index in [4.69, 9.17) is 21.7 Å². The van der Waals surface area contributed by atoms with Crippen LogP contribution in [0, 0.1) is 6.92 Å². The molecular weight excluding hydrogens is 284 g/mol. The van der Waals surface area contributed by atoms with Crippen molar-refractivity contribution in [2.45, 2.75) is 32.3 Å². The molecular formula is C16H24N2O2S. The predicted octanol–water partition coefficient (Wildman–Crippen LogP) is 2.19. The molecule has 0 aromatic heterocycles. The Morgan fingerprint density at radius 2 is 2.29 bits per heavy atom. The highest BCUT2D eigenvalue weighted by Gasteiger charge is 2.15. The predicted molar refractivity (Wildman–Crippen MR) is 89.0 cm³/mol. The maximum atomic E-state index is 5.55. The second kappa shape index (κ2) is 8.20. The first kappa shape index (κ1) is 16.0. The second-order valence-electron chi connectivity index (χ2n) is 5.34. The summed E-state index contributed by atoms with van der Waals surface area (Å²) in [4.78, 5) is 0. The van der Waals surface area contributed by atoms with E-state index >= 15 is 0 Å². The van der Waals surface area contributed by atoms with Gasteiger partial charge < -0.3 is 20.1 Å². The van der Waals surface area contributed by atoms with Crippen LogP contribution in [0.15, 0.2) is 18.2 Å². The van der Waals surface area contributed by atoms with Crippen LogP contribution in [-0.4, -0.2) is 38.0 Å². The molecule has 0 spiro atoms. The van der Waals surface area contributed by atoms with Crippen molar-refractivity contribution in [2.75, 3.05) is 26.8 Å². The van der Waals surface area contributed by atoms with Gasteiger partial charge >= 0.3 is 0 Å². The molecule has 0 saturated carbocycles. The maximum Gasteiger partial charge on any atom is 0.166 e. The van der Waals surface area contributed by atoms with Crippen molar-refractivity contribution in [2.24, 2.45) is 0 Å². The quantitative estimate of drug-likeness (QED) is 0.789. The molecule has 1 aliphatic rings. The van der Waals surface area contributed by atoms with E-state index in [9.17, 15) is 0 Å². The van der Waals surface area contributed by atoms with Crippen molar-refractivity contribution >= 4 is 17.3 Å². The van der Waals surface area contributed by atoms with Crippen molar-refractivity contribution < 1.29 is 9.47 Å². The smallest absolute Gasteiger partial charge is 0.166 e. The van der Waals surface area contributed by atoms with Gasteiger partial charge in [0.15, 0.2) is 5.11 Å². The summed E-state index contributed by atoms with van der Waals surface area (Å²) in [5, 5.41) is 7.14. The minimum Gasteiger partial charge on any atom is -0.496 e. The molecule has 1 saturated heterocycles. The van der Waals surface area contributed by atoms with Crippen molar-refractivity contribution in [1.29, 1.82) is 0 Å². The van der Waals surface area contributed by atoms with Crippen molar-refractivity contribution in [1.82, 2.24) is 10.6 Å². The molecule has 2 N–H and O–H groups in total. The molecule has 1 atom stereocenters. The standard InChI is InChI=1S/C16H24N2O2S/c1-12-5-6-15(19-2)13(10-12)7-8-17-16(21)18-11-14-4-3-9-20-14/h5-6,10,14H,3-4,7-9,11H2,1-2H3,(H2,17,18,21)/t14-/m0/s1. The number of aryl methyl sites for hydroxylation is 1. The Balaban J connectivity index is 1.70. The first-order valence-corrected chi connectivity index (χ1v) is 7.86. The molecule has 1 aliphatic heterocycles. The Labute approximate surface area is 132 Å². The van der Waals surface area contributed by atoms with Crippen LogP contribution < -0.4 is 15.4 Å². The number of hydrogen-bond acceptors (Lipinski definition) is 3. The van der Waals surface area contributed by atoms with Crippen LogP contribution in [0.25, 0.3) is 0 Å². The summed E-state index contributed by atoms with van der Waals surface area (Å²) in [7, 11) is 1.70. The number of rotatable bonds is 6. The van der Waals surface area contributed by atoms with Gasteiger partial charge in [-0.25, -0.2) is 0 Å². The number of benzene rings is 1. The van der Waals surface area contributed by atoms with Gasteiger partial charge in [0.05, 0.1) is 13.2 Å². The molecule has 1 aromatic rings. The van der Waals surface area contributed by atoms with Crippen LogP contribution in [0.3, 0.4) is 0 Å². The third kappa shape index (κ3) is 5.17. The van der Waals surface area contributed by atoms with Crippen LogP contribution in [-0.2, 0) is 11.2 Å². The molecule has 4 nitrogen and oxygen atoms in total. The fourth-order valence-electron chi connectivity index (χ4n) is 2.49. The van der Waals surface area contributed by atoms with Gasteiger partial charge in [-0.3, -0.25) is 0 Å². The molecule has 0 radical (unpaired) electrons. The van der Waals surface area contributed by atoms with E-state index < -0.39 is 0 Å². The van der Waals surface area contributed by atoms with Crippen molar-refractivity contribution in [3.8, 4) is 5.75 Å². The lowest BCUT2D eigenvalue weighted by Gasteiger charge is -2.14. The summed E-state index contributed by atoms with van der Waals surface area (Å²) < 4.78 is 10.9. The summed E-state index contributed by atoms with van der Waals surface area (Å²) in [6.45, 7) is 4.54. The lowest BCUT2D eigenvalue weighted by Crippen LogP contribution is -2.40. The van der Waals surface area contributed by atoms with Crippen molar-refractivity contribution in [3.05, 3.63) is 29.3 Å². The Morgan fingerprint density at radius 3 is 3.00 bits per heavy atom. The van der Waals surface area contributed by atoms with Crippen molar-refractivity contribution in [3.63, 3.8) is 0 Å². The number of nitrogens with one attached hydrogen (secondary N) is 2. The van der Waals surface area contributed by atoms with Gasteiger partial charge in [-0.05, 0) is 50.0 Å². The van der Waals surface area contributed by atoms with Crippen LogP contribution >= 0.6 is 12.2 Å². The minimum absolute atomic E-state index is 0.307. The van der Waals surface area contributed by atoms with Crippen LogP contribution in [0.5, 0.6) is 5.75 Å². The summed E-state index contributed by atoms with van der Waals surface area (Å²) >= 11 is 5.28. The van der Waals surface area contributed by atoms with Gasteiger partial charge in [-0.1, -0.05) is 17.7 Å². The largest absolute Gasteiger partial charge is 0.496 e. The molecule has 5 heteroatoms. The normalized spacial score (nSPS) is 17.5. The van der Waals surface area contributed by atoms with Gasteiger partial charge in [0.25, 0.3) is 0 Å². The van der Waals surface area contributed by atoms with Gasteiger partial charge in [0, 0.05) is 19.7 Å². The highest BCUT2D eigenvalue weighted by Crippen LogP contribution is 2.19. The van der Waals surface area contributed by atoms with Crippen LogP contribution in [0.2, 0.25) is 0 Å². The molecule has 0 unspecified atom stereocenters. The average molecular weight is 308 g/mol. The molecule has 1 fully saturated rings. The highest BCUT2D eigenvalue weighted by molar-refractivity contribution is 7.80. The number of ether oxygens (including phenoxy) is 2. The summed E-state index contributed by atoms with van der Waals surface area (Å²) in [6.07, 6.45) is 3.46. The monoisotopic (exact) mass is 308 g/mol. The first-order chi connectivity index (χ1) is 10.2. The average Bonchev–Trinajstić information content (AvgIpc) is 2.99. The topological polar surface area (TPSA) is 42.5 Å². The molecule has 0 amide bonds. The maximum absolute atomic E-state index is 5.55. The SMILES string of the molecule is COc1ccc(C)cc1CCNC(=S)NC[C@@H]1CCCO1. The van der Waals surface area contributed by atoms with Crippen LogP contribution in [0.4, 0.5) is 0 Å². The zero-order valence-electron chi connectivity index (χ0n) is 12.8. The second-order valence-corrected chi connectivity index (χ2v) is 5.75. The number of thiocarbonyl (C=S) groups is 1. The molecule has 1 heterocycles. The van der Waals surface area contributed by atoms with Crippen LogP contribution in [0.1, 0.15) is 24.0 Å². The van der Waals surface area contributed by atoms with E-state index in [1.807, 2.05) is 6.07 Å². The molecule has 1 aromatic carbocycles. The van der Waals surface area contributed by atoms with E-state index in [2.05, 4.69) is 29.7 Å². The van der Waals surface area contributed by atoms with Gasteiger partial charge in [-0.2, -0.15) is 0 Å². The van der Waals surface area contributed by atoms with Gasteiger partial charge in [0.1, 0.15) is 5.75 Å². The van der Waals surface area contributed by atoms with E-state index in [0.717, 1.165) is 44.7 Å². The fourth-order valence-corrected chi connectivity index (χ4v) is 2.67. The third-order valence-corrected chi connectivity index (χ3v) is 3.92. The van der Waals surface area contributed by atoms with E-state index in [0.29, 0.717) is 11.2 Å². The third-order valence-electron chi connectivity index (χ3n) is 3.63. The van der Waals surface area contributed by atoms with E-state index in [1.54, 1.807) is 7.11 Å². The molecule has 116 valence electrons. The summed E-state index contributed by atoms with van der Waals surface area (Å²) in [5.41, 5.74) is 2.44. The molecule has 0 bridgehead atoms. The molecule has 21 heavy (non-hydrogen) atoms. The lowest BCUT2D eigenvalue weighted by atomic mass is 10.1. The minimum atomic E-state index is 0.307. The highest BCUT2D eigenvalue weighted by atomic mass is 32.1. The zero-order chi connectivity index (χ0) is 15.1. The Bertz CT molecular complexity index is 473. The lowest BCUT2D eigenvalue weighted by molar-refractivity contribution is 0.114. The molecule has 2 rings (SSSR count). The van der Waals surface area contributed by atoms with Gasteiger partial charge in [0.2, 0.25) is 0 Å². The van der Waals surface area contributed by atoms with E-state index in [-0.39, 0.29) is 0 Å². The Kier molecular flexibility index (Phi) is 6.26. The molecule has 0 aliphatic carbocycles. The fraction of sp³-hybridized carbons (Fsp3) is 0.562. The number of hydrogen-bond donors (Lipinski definition) is 2. The summed E-state index contributed by atoms with van der Waals surface area (Å²) in [5.74, 6) is 0.931. The Hall–Kier alpha value is -1.33. The van der Waals surface area contributed by atoms with Gasteiger partial charge in [-0.15, -0.1) is 0 Å². The number of methoxy groups -OCH3 is 1. The summed E-state index contributed by atoms with van der Waals surface area (Å²) in [6, 6.07) is 6.23. The first-order valence-electron chi connectivity index (χ1n) is 7.46. The van der Waals surface area contributed by atoms with E-state index in [1.165, 1.54) is 11.1 Å². The zero-order valence-corrected chi connectivity index (χ0v) is 13.6. The Morgan fingerprint density at radius 1 is 1.43 bits per heavy atom.